The molecule has 2 aromatic rings. The van der Waals surface area contributed by atoms with Gasteiger partial charge in [-0.2, -0.15) is 0 Å². The van der Waals surface area contributed by atoms with Gasteiger partial charge in [0, 0.05) is 12.5 Å². The summed E-state index contributed by atoms with van der Waals surface area (Å²) in [5, 5.41) is 13.0. The first-order valence-electron chi connectivity index (χ1n) is 9.88. The van der Waals surface area contributed by atoms with E-state index in [0.717, 1.165) is 16.7 Å². The van der Waals surface area contributed by atoms with Gasteiger partial charge in [-0.1, -0.05) is 54.6 Å². The van der Waals surface area contributed by atoms with E-state index < -0.39 is 11.0 Å². The molecule has 0 bridgehead atoms. The van der Waals surface area contributed by atoms with Crippen molar-refractivity contribution in [2.24, 2.45) is 5.41 Å². The topological polar surface area (TPSA) is 69.6 Å². The van der Waals surface area contributed by atoms with E-state index in [-0.39, 0.29) is 30.4 Å². The second-order valence-corrected chi connectivity index (χ2v) is 8.47. The number of nitrogens with zero attached hydrogens (tertiary/aromatic N) is 1. The first-order chi connectivity index (χ1) is 13.5. The zero-order valence-corrected chi connectivity index (χ0v) is 15.9. The number of hydrogen-bond acceptors (Lipinski definition) is 3. The number of amides is 2. The van der Waals surface area contributed by atoms with Gasteiger partial charge in [0.05, 0.1) is 18.2 Å². The Hall–Kier alpha value is -2.66. The Kier molecular flexibility index (Phi) is 3.68. The van der Waals surface area contributed by atoms with Crippen molar-refractivity contribution in [1.29, 1.82) is 0 Å². The van der Waals surface area contributed by atoms with Crippen LogP contribution >= 0.6 is 0 Å². The van der Waals surface area contributed by atoms with Gasteiger partial charge in [0.1, 0.15) is 5.41 Å². The van der Waals surface area contributed by atoms with Crippen LogP contribution in [0.15, 0.2) is 54.6 Å². The number of hydrogen-bond donors (Lipinski definition) is 2. The quantitative estimate of drug-likeness (QED) is 0.787. The maximum atomic E-state index is 13.9. The van der Waals surface area contributed by atoms with Crippen molar-refractivity contribution in [1.82, 2.24) is 10.2 Å². The predicted octanol–water partition coefficient (Wildman–Crippen LogP) is 1.95. The monoisotopic (exact) mass is 376 g/mol. The van der Waals surface area contributed by atoms with Gasteiger partial charge in [-0.15, -0.1) is 0 Å². The van der Waals surface area contributed by atoms with Crippen molar-refractivity contribution in [3.05, 3.63) is 71.3 Å². The average Bonchev–Trinajstić information content (AvgIpc) is 3.17. The number of benzene rings is 2. The maximum absolute atomic E-state index is 13.9. The standard InChI is InChI=1S/C23H24N2O3/c1-22-14-23(19(12-24-20(23)27)15-7-3-2-4-8-15)21(28)25(22)17(13-26)11-16-9-5-6-10-18(16)22/h2-10,17,19,26H,11-14H2,1H3,(H,24,27)/t17-,19?,22+,23-/m0/s1. The lowest BCUT2D eigenvalue weighted by atomic mass is 9.68. The Balaban J connectivity index is 1.70. The van der Waals surface area contributed by atoms with Gasteiger partial charge in [-0.05, 0) is 36.5 Å². The minimum absolute atomic E-state index is 0.108. The molecule has 0 radical (unpaired) electrons. The van der Waals surface area contributed by atoms with E-state index in [0.29, 0.717) is 19.4 Å². The Bertz CT molecular complexity index is 959. The molecule has 3 aliphatic heterocycles. The van der Waals surface area contributed by atoms with Crippen LogP contribution in [0.5, 0.6) is 0 Å². The summed E-state index contributed by atoms with van der Waals surface area (Å²) in [7, 11) is 0. The number of fused-ring (bicyclic) bond motifs is 3. The summed E-state index contributed by atoms with van der Waals surface area (Å²) in [6, 6.07) is 17.6. The van der Waals surface area contributed by atoms with E-state index >= 15 is 0 Å². The van der Waals surface area contributed by atoms with E-state index in [1.54, 1.807) is 0 Å². The molecular weight excluding hydrogens is 352 g/mol. The molecule has 144 valence electrons. The van der Waals surface area contributed by atoms with Gasteiger partial charge in [-0.25, -0.2) is 0 Å². The van der Waals surface area contributed by atoms with Gasteiger partial charge in [0.2, 0.25) is 11.8 Å². The molecule has 4 atom stereocenters. The lowest BCUT2D eigenvalue weighted by Gasteiger charge is -2.45. The van der Waals surface area contributed by atoms with Gasteiger partial charge < -0.3 is 15.3 Å². The summed E-state index contributed by atoms with van der Waals surface area (Å²) in [5.41, 5.74) is 1.53. The number of aliphatic hydroxyl groups excluding tert-OH is 1. The number of rotatable bonds is 2. The summed E-state index contributed by atoms with van der Waals surface area (Å²) in [6.07, 6.45) is 1.04. The molecule has 5 heteroatoms. The van der Waals surface area contributed by atoms with Gasteiger partial charge in [0.25, 0.3) is 0 Å². The van der Waals surface area contributed by atoms with E-state index in [9.17, 15) is 14.7 Å². The third-order valence-electron chi connectivity index (χ3n) is 7.05. The molecule has 1 spiro atoms. The Morgan fingerprint density at radius 2 is 1.82 bits per heavy atom. The number of carbonyl (C=O) groups excluding carboxylic acids is 2. The van der Waals surface area contributed by atoms with Crippen LogP contribution in [-0.2, 0) is 21.5 Å². The van der Waals surface area contributed by atoms with Crippen molar-refractivity contribution in [2.75, 3.05) is 13.2 Å². The molecule has 2 fully saturated rings. The summed E-state index contributed by atoms with van der Waals surface area (Å²) in [6.45, 7) is 2.40. The Labute approximate surface area is 164 Å². The van der Waals surface area contributed by atoms with Crippen LogP contribution in [0.1, 0.15) is 36.0 Å². The molecule has 3 heterocycles. The highest BCUT2D eigenvalue weighted by molar-refractivity contribution is 6.10. The first kappa shape index (κ1) is 17.4. The molecule has 5 nitrogen and oxygen atoms in total. The molecule has 5 rings (SSSR count). The van der Waals surface area contributed by atoms with E-state index in [1.165, 1.54) is 0 Å². The van der Waals surface area contributed by atoms with Crippen LogP contribution in [0, 0.1) is 5.41 Å². The molecule has 0 aliphatic carbocycles. The fourth-order valence-electron chi connectivity index (χ4n) is 5.87. The first-order valence-corrected chi connectivity index (χ1v) is 9.88. The van der Waals surface area contributed by atoms with Crippen LogP contribution in [-0.4, -0.2) is 41.0 Å². The zero-order valence-electron chi connectivity index (χ0n) is 15.9. The largest absolute Gasteiger partial charge is 0.394 e. The second kappa shape index (κ2) is 5.92. The SMILES string of the molecule is C[C@]12C[C@]3(C(=O)NCC3c3ccccc3)C(=O)N1[C@H](CO)Cc1ccccc12. The second-order valence-electron chi connectivity index (χ2n) is 8.47. The summed E-state index contributed by atoms with van der Waals surface area (Å²) >= 11 is 0. The van der Waals surface area contributed by atoms with Crippen molar-refractivity contribution >= 4 is 11.8 Å². The Morgan fingerprint density at radius 3 is 2.57 bits per heavy atom. The molecule has 3 aliphatic rings. The average molecular weight is 376 g/mol. The third kappa shape index (κ3) is 2.05. The van der Waals surface area contributed by atoms with Crippen LogP contribution in [0.3, 0.4) is 0 Å². The Morgan fingerprint density at radius 1 is 1.11 bits per heavy atom. The normalized spacial score (nSPS) is 33.7. The van der Waals surface area contributed by atoms with E-state index in [4.69, 9.17) is 0 Å². The van der Waals surface area contributed by atoms with Crippen molar-refractivity contribution in [3.63, 3.8) is 0 Å². The van der Waals surface area contributed by atoms with E-state index in [2.05, 4.69) is 17.4 Å². The van der Waals surface area contributed by atoms with Crippen LogP contribution in [0.4, 0.5) is 0 Å². The molecule has 1 unspecified atom stereocenters. The fraction of sp³-hybridized carbons (Fsp3) is 0.391. The molecule has 0 saturated carbocycles. The summed E-state index contributed by atoms with van der Waals surface area (Å²) in [5.74, 6) is -0.536. The lowest BCUT2D eigenvalue weighted by Crippen LogP contribution is -2.54. The van der Waals surface area contributed by atoms with Crippen LogP contribution in [0.25, 0.3) is 0 Å². The molecule has 28 heavy (non-hydrogen) atoms. The molecule has 0 aromatic heterocycles. The van der Waals surface area contributed by atoms with Crippen LogP contribution < -0.4 is 5.32 Å². The summed E-state index contributed by atoms with van der Waals surface area (Å²) in [4.78, 5) is 28.9. The van der Waals surface area contributed by atoms with Crippen molar-refractivity contribution in [2.45, 2.75) is 37.3 Å². The highest BCUT2D eigenvalue weighted by Crippen LogP contribution is 2.59. The summed E-state index contributed by atoms with van der Waals surface area (Å²) < 4.78 is 0. The third-order valence-corrected chi connectivity index (χ3v) is 7.05. The van der Waals surface area contributed by atoms with Crippen molar-refractivity contribution < 1.29 is 14.7 Å². The highest BCUT2D eigenvalue weighted by atomic mass is 16.3. The fourth-order valence-corrected chi connectivity index (χ4v) is 5.87. The lowest BCUT2D eigenvalue weighted by molar-refractivity contribution is -0.147. The number of nitrogens with one attached hydrogen (secondary N) is 1. The van der Waals surface area contributed by atoms with Gasteiger partial charge in [-0.3, -0.25) is 9.59 Å². The van der Waals surface area contributed by atoms with Gasteiger partial charge in [0.15, 0.2) is 0 Å². The highest BCUT2D eigenvalue weighted by Gasteiger charge is 2.69. The molecule has 2 aromatic carbocycles. The van der Waals surface area contributed by atoms with Crippen molar-refractivity contribution in [3.8, 4) is 0 Å². The molecular formula is C23H24N2O3. The van der Waals surface area contributed by atoms with Crippen LogP contribution in [0.2, 0.25) is 0 Å². The molecule has 2 amide bonds. The predicted molar refractivity (Wildman–Crippen MR) is 104 cm³/mol. The minimum Gasteiger partial charge on any atom is -0.394 e. The van der Waals surface area contributed by atoms with Gasteiger partial charge >= 0.3 is 0 Å². The smallest absolute Gasteiger partial charge is 0.240 e. The van der Waals surface area contributed by atoms with E-state index in [1.807, 2.05) is 54.3 Å². The molecule has 2 N–H and O–H groups in total. The minimum atomic E-state index is -1.12. The molecule has 2 saturated heterocycles. The maximum Gasteiger partial charge on any atom is 0.240 e. The number of aliphatic hydroxyl groups is 1. The number of carbonyl (C=O) groups is 2. The zero-order chi connectivity index (χ0) is 19.5.